The van der Waals surface area contributed by atoms with Crippen LogP contribution in [0, 0.1) is 0 Å². The van der Waals surface area contributed by atoms with Crippen molar-refractivity contribution >= 4 is 10.4 Å². The van der Waals surface area contributed by atoms with E-state index >= 15 is 0 Å². The minimum Gasteiger partial charge on any atom is -0.759 e. The van der Waals surface area contributed by atoms with Gasteiger partial charge in [-0.25, -0.2) is 0 Å². The maximum atomic E-state index is 8.52. The summed E-state index contributed by atoms with van der Waals surface area (Å²) in [6.45, 7) is 0. The van der Waals surface area contributed by atoms with Gasteiger partial charge in [0.1, 0.15) is 0 Å². The summed E-state index contributed by atoms with van der Waals surface area (Å²) in [5, 5.41) is 0. The van der Waals surface area contributed by atoms with Crippen LogP contribution in [0.3, 0.4) is 0 Å². The molecule has 0 bridgehead atoms. The molecule has 0 aliphatic carbocycles. The van der Waals surface area contributed by atoms with Crippen LogP contribution in [0.1, 0.15) is 0 Å². The zero-order valence-corrected chi connectivity index (χ0v) is 5.45. The van der Waals surface area contributed by atoms with Crippen LogP contribution in [0.15, 0.2) is 0 Å². The maximum Gasteiger partial charge on any atom is 4.00 e. The second kappa shape index (κ2) is 2.69. The fraction of sp³-hybridized carbons (Fsp3) is 0. The van der Waals surface area contributed by atoms with Gasteiger partial charge >= 0.3 is 21.1 Å². The summed E-state index contributed by atoms with van der Waals surface area (Å²) < 4.78 is 34.1. The second-order valence-corrected chi connectivity index (χ2v) is 1.22. The van der Waals surface area contributed by atoms with Crippen molar-refractivity contribution in [3.05, 3.63) is 0 Å². The van der Waals surface area contributed by atoms with Gasteiger partial charge in [0.05, 0.1) is 0 Å². The van der Waals surface area contributed by atoms with Crippen LogP contribution in [0.25, 0.3) is 0 Å². The Balaban J connectivity index is 0. The zero-order valence-electron chi connectivity index (χ0n) is 2.36. The molecule has 0 aromatic carbocycles. The normalized spacial score (nSPS) is 9.67. The number of rotatable bonds is 0. The van der Waals surface area contributed by atoms with Gasteiger partial charge in [-0.05, 0) is 0 Å². The monoisotopic (exact) mass is 291 g/mol. The van der Waals surface area contributed by atoms with E-state index in [9.17, 15) is 0 Å². The zero-order chi connectivity index (χ0) is 4.50. The molecule has 4 nitrogen and oxygen atoms in total. The first-order valence-electron chi connectivity index (χ1n) is 0.667. The molecule has 0 spiro atoms. The van der Waals surface area contributed by atoms with Crippen molar-refractivity contribution in [2.24, 2.45) is 0 Å². The van der Waals surface area contributed by atoms with Crippen molar-refractivity contribution in [2.75, 3.05) is 0 Å². The third-order valence-electron chi connectivity index (χ3n) is 0. The molecular weight excluding hydrogens is 291 g/mol. The maximum absolute atomic E-state index is 8.52. The van der Waals surface area contributed by atoms with E-state index in [1.54, 1.807) is 0 Å². The summed E-state index contributed by atoms with van der Waals surface area (Å²) in [5.41, 5.74) is 0. The number of hydrogen-bond acceptors (Lipinski definition) is 4. The molecule has 0 radical (unpaired) electrons. The van der Waals surface area contributed by atoms with Crippen LogP contribution in [-0.2, 0) is 31.5 Å². The van der Waals surface area contributed by atoms with Crippen LogP contribution in [-0.4, -0.2) is 17.5 Å². The Morgan fingerprint density at radius 2 is 1.17 bits per heavy atom. The van der Waals surface area contributed by atoms with Gasteiger partial charge in [-0.2, -0.15) is 0 Å². The van der Waals surface area contributed by atoms with E-state index in [-0.39, 0.29) is 21.1 Å². The van der Waals surface area contributed by atoms with Crippen molar-refractivity contribution in [3.8, 4) is 0 Å². The summed E-state index contributed by atoms with van der Waals surface area (Å²) in [5.74, 6) is 0. The first-order chi connectivity index (χ1) is 2.00. The summed E-state index contributed by atoms with van der Waals surface area (Å²) in [6.07, 6.45) is 0. The Kier molecular flexibility index (Phi) is 4.36. The van der Waals surface area contributed by atoms with E-state index in [4.69, 9.17) is 17.5 Å². The molecule has 0 saturated carbocycles. The van der Waals surface area contributed by atoms with Gasteiger partial charge in [-0.15, -0.1) is 0 Å². The van der Waals surface area contributed by atoms with Crippen molar-refractivity contribution in [1.82, 2.24) is 0 Å². The molecule has 0 aromatic heterocycles. The molecule has 0 fully saturated rings. The quantitative estimate of drug-likeness (QED) is 0.409. The smallest absolute Gasteiger partial charge is 0.759 e. The van der Waals surface area contributed by atoms with Gasteiger partial charge in [0, 0.05) is 10.4 Å². The van der Waals surface area contributed by atoms with Crippen molar-refractivity contribution in [3.63, 3.8) is 0 Å². The number of hydrogen-bond donors (Lipinski definition) is 0. The van der Waals surface area contributed by atoms with Crippen LogP contribution in [0.4, 0.5) is 0 Å². The summed E-state index contributed by atoms with van der Waals surface area (Å²) in [7, 11) is -5.17. The van der Waals surface area contributed by atoms with E-state index in [1.165, 1.54) is 0 Å². The van der Waals surface area contributed by atoms with Gasteiger partial charge in [-0.3, -0.25) is 8.42 Å². The first kappa shape index (κ1) is 9.75. The fourth-order valence-electron chi connectivity index (χ4n) is 0. The minimum atomic E-state index is -5.17. The molecule has 0 aliphatic rings. The molecule has 0 saturated heterocycles. The molecule has 0 aromatic rings. The van der Waals surface area contributed by atoms with Gasteiger partial charge < -0.3 is 9.11 Å². The molecule has 0 atom stereocenters. The van der Waals surface area contributed by atoms with Crippen molar-refractivity contribution in [1.29, 1.82) is 0 Å². The molecule has 0 aliphatic heterocycles. The Morgan fingerprint density at radius 1 is 1.17 bits per heavy atom. The van der Waals surface area contributed by atoms with Crippen molar-refractivity contribution in [2.45, 2.75) is 0 Å². The molecule has 6 heavy (non-hydrogen) atoms. The molecule has 0 amide bonds. The molecular formula is O4PtS+2. The summed E-state index contributed by atoms with van der Waals surface area (Å²) in [6, 6.07) is 0. The minimum absolute atomic E-state index is 0. The standard InChI is InChI=1S/H2O4S.Pt/c1-5(2,3)4;/h(H2,1,2,3,4);/q;+4/p-2. The van der Waals surface area contributed by atoms with Crippen LogP contribution >= 0.6 is 0 Å². The van der Waals surface area contributed by atoms with Crippen LogP contribution in [0.2, 0.25) is 0 Å². The Bertz CT molecular complexity index is 90.7. The van der Waals surface area contributed by atoms with E-state index in [0.717, 1.165) is 0 Å². The average Bonchev–Trinajstić information content (AvgIpc) is 0.722. The predicted octanol–water partition coefficient (Wildman–Crippen LogP) is -1.34. The Morgan fingerprint density at radius 3 is 1.17 bits per heavy atom. The van der Waals surface area contributed by atoms with Gasteiger partial charge in [0.15, 0.2) is 0 Å². The Labute approximate surface area is 49.4 Å². The van der Waals surface area contributed by atoms with E-state index in [0.29, 0.717) is 0 Å². The molecule has 6 heteroatoms. The molecule has 0 heterocycles. The largest absolute Gasteiger partial charge is 4.00 e. The average molecular weight is 291 g/mol. The first-order valence-corrected chi connectivity index (χ1v) is 2.00. The summed E-state index contributed by atoms with van der Waals surface area (Å²) in [4.78, 5) is 0. The third-order valence-corrected chi connectivity index (χ3v) is 0. The third kappa shape index (κ3) is 185. The van der Waals surface area contributed by atoms with Crippen LogP contribution in [0.5, 0.6) is 0 Å². The molecule has 0 rings (SSSR count). The van der Waals surface area contributed by atoms with E-state index < -0.39 is 10.4 Å². The SMILES string of the molecule is O=S(=O)([O-])[O-].[Pt+4]. The van der Waals surface area contributed by atoms with Gasteiger partial charge in [0.2, 0.25) is 0 Å². The van der Waals surface area contributed by atoms with Crippen LogP contribution < -0.4 is 0 Å². The fourth-order valence-corrected chi connectivity index (χ4v) is 0. The topological polar surface area (TPSA) is 80.3 Å². The van der Waals surface area contributed by atoms with Gasteiger partial charge in [-0.1, -0.05) is 0 Å². The Hall–Kier alpha value is 0.558. The van der Waals surface area contributed by atoms with E-state index in [1.807, 2.05) is 0 Å². The molecule has 38 valence electrons. The predicted molar refractivity (Wildman–Crippen MR) is 10.5 cm³/mol. The van der Waals surface area contributed by atoms with E-state index in [2.05, 4.69) is 0 Å². The molecule has 0 unspecified atom stereocenters. The van der Waals surface area contributed by atoms with Gasteiger partial charge in [0.25, 0.3) is 0 Å². The summed E-state index contributed by atoms with van der Waals surface area (Å²) >= 11 is 0. The molecule has 0 N–H and O–H groups in total. The second-order valence-electron chi connectivity index (χ2n) is 0.408. The van der Waals surface area contributed by atoms with Crippen molar-refractivity contribution < 1.29 is 38.6 Å².